The number of carboxylic acid groups (broad SMARTS) is 1. The normalized spacial score (nSPS) is 11.3. The maximum absolute atomic E-state index is 9.60. The van der Waals surface area contributed by atoms with E-state index >= 15 is 0 Å². The second-order valence-electron chi connectivity index (χ2n) is 5.40. The molecule has 0 unspecified atom stereocenters. The number of hydrogen-bond acceptors (Lipinski definition) is 1. The van der Waals surface area contributed by atoms with Gasteiger partial charge in [-0.25, -0.2) is 0 Å². The van der Waals surface area contributed by atoms with Gasteiger partial charge in [-0.2, -0.15) is 0 Å². The van der Waals surface area contributed by atoms with E-state index in [1.54, 1.807) is 0 Å². The number of carboxylic acids is 1. The third-order valence-corrected chi connectivity index (χ3v) is 2.78. The van der Waals surface area contributed by atoms with Crippen molar-refractivity contribution in [3.63, 3.8) is 0 Å². The van der Waals surface area contributed by atoms with Crippen molar-refractivity contribution in [2.75, 3.05) is 0 Å². The highest BCUT2D eigenvalue weighted by molar-refractivity contribution is 5.66. The first-order valence-corrected chi connectivity index (χ1v) is 7.63. The van der Waals surface area contributed by atoms with E-state index in [1.165, 1.54) is 23.1 Å². The minimum absolute atomic E-state index is 0.292. The van der Waals surface area contributed by atoms with Crippen LogP contribution in [0, 0.1) is 0 Å². The second kappa shape index (κ2) is 14.8. The summed E-state index contributed by atoms with van der Waals surface area (Å²) in [7, 11) is 0. The van der Waals surface area contributed by atoms with Crippen LogP contribution in [0.15, 0.2) is 47.6 Å². The van der Waals surface area contributed by atoms with Crippen molar-refractivity contribution in [3.05, 3.63) is 47.6 Å². The molecule has 0 heterocycles. The molecule has 0 fully saturated rings. The maximum Gasteiger partial charge on any atom is 0.303 e. The molecule has 0 spiro atoms. The summed E-state index contributed by atoms with van der Waals surface area (Å²) in [5.41, 5.74) is 4.13. The molecule has 21 heavy (non-hydrogen) atoms. The van der Waals surface area contributed by atoms with E-state index in [4.69, 9.17) is 5.11 Å². The zero-order chi connectivity index (χ0) is 16.7. The third kappa shape index (κ3) is 20.9. The van der Waals surface area contributed by atoms with E-state index in [1.807, 2.05) is 13.0 Å². The summed E-state index contributed by atoms with van der Waals surface area (Å²) >= 11 is 0. The highest BCUT2D eigenvalue weighted by Gasteiger charge is 1.88. The summed E-state index contributed by atoms with van der Waals surface area (Å²) < 4.78 is 0. The molecule has 1 N–H and O–H groups in total. The molecule has 2 nitrogen and oxygen atoms in total. The summed E-state index contributed by atoms with van der Waals surface area (Å²) in [6.07, 6.45) is 13.1. The molecule has 0 saturated carbocycles. The van der Waals surface area contributed by atoms with Gasteiger partial charge in [0, 0.05) is 6.42 Å². The minimum Gasteiger partial charge on any atom is -0.481 e. The van der Waals surface area contributed by atoms with Crippen molar-refractivity contribution in [2.45, 2.75) is 66.7 Å². The van der Waals surface area contributed by atoms with Gasteiger partial charge in [-0.05, 0) is 53.4 Å². The van der Waals surface area contributed by atoms with E-state index in [0.717, 1.165) is 19.3 Å². The van der Waals surface area contributed by atoms with Gasteiger partial charge in [-0.1, -0.05) is 54.5 Å². The van der Waals surface area contributed by atoms with E-state index in [-0.39, 0.29) is 0 Å². The molecular formula is C19H32O2. The largest absolute Gasteiger partial charge is 0.481 e. The number of allylic oxidation sites excluding steroid dienone is 7. The Kier molecular flexibility index (Phi) is 15.3. The van der Waals surface area contributed by atoms with Gasteiger partial charge in [-0.3, -0.25) is 4.79 Å². The van der Waals surface area contributed by atoms with Crippen LogP contribution in [0.2, 0.25) is 0 Å². The Morgan fingerprint density at radius 1 is 1.05 bits per heavy atom. The first kappa shape index (κ1) is 21.7. The lowest BCUT2D eigenvalue weighted by Crippen LogP contribution is -1.90. The highest BCUT2D eigenvalue weighted by atomic mass is 16.4. The Bertz CT molecular complexity index is 380. The molecule has 0 aromatic heterocycles. The lowest BCUT2D eigenvalue weighted by molar-refractivity contribution is -0.137. The zero-order valence-corrected chi connectivity index (χ0v) is 14.4. The van der Waals surface area contributed by atoms with E-state index in [9.17, 15) is 4.79 Å². The third-order valence-electron chi connectivity index (χ3n) is 2.78. The number of rotatable bonds is 8. The summed E-state index contributed by atoms with van der Waals surface area (Å²) in [6.45, 7) is 14.2. The van der Waals surface area contributed by atoms with Gasteiger partial charge in [0.25, 0.3) is 0 Å². The molecule has 0 amide bonds. The summed E-state index contributed by atoms with van der Waals surface area (Å²) in [6, 6.07) is 0. The van der Waals surface area contributed by atoms with Crippen LogP contribution >= 0.6 is 0 Å². The fourth-order valence-corrected chi connectivity index (χ4v) is 1.43. The Morgan fingerprint density at radius 2 is 1.67 bits per heavy atom. The Morgan fingerprint density at radius 3 is 2.05 bits per heavy atom. The van der Waals surface area contributed by atoms with Crippen molar-refractivity contribution in [1.82, 2.24) is 0 Å². The van der Waals surface area contributed by atoms with Gasteiger partial charge in [0.1, 0.15) is 0 Å². The number of carbonyl (C=O) groups is 1. The summed E-state index contributed by atoms with van der Waals surface area (Å²) in [4.78, 5) is 9.60. The molecule has 0 aromatic carbocycles. The van der Waals surface area contributed by atoms with Crippen LogP contribution in [0.1, 0.15) is 66.7 Å². The molecule has 0 aliphatic heterocycles. The molecule has 0 aromatic rings. The van der Waals surface area contributed by atoms with Gasteiger partial charge < -0.3 is 5.11 Å². The quantitative estimate of drug-likeness (QED) is 0.435. The van der Waals surface area contributed by atoms with Crippen LogP contribution in [-0.4, -0.2) is 11.1 Å². The van der Waals surface area contributed by atoms with Crippen molar-refractivity contribution in [3.8, 4) is 0 Å². The Labute approximate surface area is 131 Å². The molecule has 0 rings (SSSR count). The highest BCUT2D eigenvalue weighted by Crippen LogP contribution is 2.08. The van der Waals surface area contributed by atoms with Crippen LogP contribution in [0.3, 0.4) is 0 Å². The molecule has 2 heteroatoms. The van der Waals surface area contributed by atoms with Gasteiger partial charge >= 0.3 is 5.97 Å². The fraction of sp³-hybridized carbons (Fsp3) is 0.526. The lowest BCUT2D eigenvalue weighted by Gasteiger charge is -1.98. The van der Waals surface area contributed by atoms with Crippen LogP contribution in [0.4, 0.5) is 0 Å². The van der Waals surface area contributed by atoms with Crippen molar-refractivity contribution < 1.29 is 9.90 Å². The molecule has 0 saturated heterocycles. The Hall–Kier alpha value is -1.57. The molecule has 0 radical (unpaired) electrons. The molecule has 0 aliphatic rings. The van der Waals surface area contributed by atoms with Crippen LogP contribution in [-0.2, 0) is 4.79 Å². The van der Waals surface area contributed by atoms with Crippen molar-refractivity contribution >= 4 is 5.97 Å². The SMILES string of the molecule is C=CC(C)=CCC=C(C)CCC=C(C)C.CCCC(=O)O. The molecular weight excluding hydrogens is 260 g/mol. The molecule has 0 aliphatic carbocycles. The lowest BCUT2D eigenvalue weighted by atomic mass is 10.1. The second-order valence-corrected chi connectivity index (χ2v) is 5.40. The average Bonchev–Trinajstić information content (AvgIpc) is 2.38. The molecule has 0 atom stereocenters. The summed E-state index contributed by atoms with van der Waals surface area (Å²) in [5.74, 6) is -0.711. The van der Waals surface area contributed by atoms with Crippen LogP contribution < -0.4 is 0 Å². The van der Waals surface area contributed by atoms with Crippen LogP contribution in [0.25, 0.3) is 0 Å². The molecule has 120 valence electrons. The Balaban J connectivity index is 0. The number of hydrogen-bond donors (Lipinski definition) is 1. The average molecular weight is 292 g/mol. The standard InChI is InChI=1S/C15H24.C4H8O2/c1-6-14(4)10-8-12-15(5)11-7-9-13(2)3;1-2-3-4(5)6/h6,9-10,12H,1,7-8,11H2,2-5H3;2-3H2,1H3,(H,5,6). The van der Waals surface area contributed by atoms with E-state index < -0.39 is 5.97 Å². The first-order valence-electron chi connectivity index (χ1n) is 7.63. The molecule has 0 bridgehead atoms. The first-order chi connectivity index (χ1) is 9.83. The minimum atomic E-state index is -0.711. The van der Waals surface area contributed by atoms with Gasteiger partial charge in [0.2, 0.25) is 0 Å². The van der Waals surface area contributed by atoms with Crippen molar-refractivity contribution in [2.24, 2.45) is 0 Å². The number of aliphatic carboxylic acids is 1. The predicted octanol–water partition coefficient (Wildman–Crippen LogP) is 6.07. The van der Waals surface area contributed by atoms with E-state index in [2.05, 4.69) is 52.5 Å². The summed E-state index contributed by atoms with van der Waals surface area (Å²) in [5, 5.41) is 7.91. The predicted molar refractivity (Wildman–Crippen MR) is 93.5 cm³/mol. The monoisotopic (exact) mass is 292 g/mol. The van der Waals surface area contributed by atoms with Crippen LogP contribution in [0.5, 0.6) is 0 Å². The zero-order valence-electron chi connectivity index (χ0n) is 14.4. The smallest absolute Gasteiger partial charge is 0.303 e. The fourth-order valence-electron chi connectivity index (χ4n) is 1.43. The topological polar surface area (TPSA) is 37.3 Å². The van der Waals surface area contributed by atoms with Gasteiger partial charge in [0.15, 0.2) is 0 Å². The maximum atomic E-state index is 9.60. The van der Waals surface area contributed by atoms with Gasteiger partial charge in [0.05, 0.1) is 0 Å². The van der Waals surface area contributed by atoms with Gasteiger partial charge in [-0.15, -0.1) is 0 Å². The van der Waals surface area contributed by atoms with E-state index in [0.29, 0.717) is 6.42 Å². The van der Waals surface area contributed by atoms with Crippen molar-refractivity contribution in [1.29, 1.82) is 0 Å².